The molecule has 6 heteroatoms. The number of nitrogens with zero attached hydrogens (tertiary/aromatic N) is 1. The van der Waals surface area contributed by atoms with Crippen LogP contribution in [0.5, 0.6) is 0 Å². The standard InChI is InChI=1S/C6H12NO4P/c1-6(2)11-12(8,9)10-5-3-4-7/h6H,3,5H2,1-2H3,(H,8,9). The number of hydrogen-bond donors (Lipinski definition) is 1. The van der Waals surface area contributed by atoms with Crippen molar-refractivity contribution in [2.24, 2.45) is 0 Å². The summed E-state index contributed by atoms with van der Waals surface area (Å²) in [5, 5.41) is 8.10. The molecule has 0 bridgehead atoms. The van der Waals surface area contributed by atoms with E-state index >= 15 is 0 Å². The van der Waals surface area contributed by atoms with Gasteiger partial charge in [0.25, 0.3) is 0 Å². The molecule has 1 N–H and O–H groups in total. The van der Waals surface area contributed by atoms with Crippen LogP contribution in [0.4, 0.5) is 0 Å². The monoisotopic (exact) mass is 193 g/mol. The highest BCUT2D eigenvalue weighted by atomic mass is 31.2. The number of phosphoric acid groups is 1. The second-order valence-corrected chi connectivity index (χ2v) is 3.77. The van der Waals surface area contributed by atoms with E-state index in [1.165, 1.54) is 0 Å². The molecule has 0 saturated carbocycles. The molecule has 0 rings (SSSR count). The van der Waals surface area contributed by atoms with Gasteiger partial charge in [-0.25, -0.2) is 4.57 Å². The molecule has 1 unspecified atom stereocenters. The van der Waals surface area contributed by atoms with Crippen LogP contribution in [0.1, 0.15) is 20.3 Å². The van der Waals surface area contributed by atoms with E-state index in [-0.39, 0.29) is 19.1 Å². The predicted octanol–water partition coefficient (Wildman–Crippen LogP) is 1.44. The lowest BCUT2D eigenvalue weighted by atomic mass is 10.5. The van der Waals surface area contributed by atoms with Crippen molar-refractivity contribution in [1.82, 2.24) is 0 Å². The smallest absolute Gasteiger partial charge is 0.302 e. The Morgan fingerprint density at radius 2 is 2.25 bits per heavy atom. The first-order chi connectivity index (χ1) is 5.48. The Hall–Kier alpha value is -0.400. The Balaban J connectivity index is 3.74. The molecule has 0 aromatic rings. The highest BCUT2D eigenvalue weighted by molar-refractivity contribution is 7.47. The van der Waals surface area contributed by atoms with Crippen molar-refractivity contribution in [3.63, 3.8) is 0 Å². The minimum absolute atomic E-state index is 0.0754. The molecule has 0 saturated heterocycles. The van der Waals surface area contributed by atoms with Crippen molar-refractivity contribution in [1.29, 1.82) is 5.26 Å². The normalized spacial score (nSPS) is 15.6. The van der Waals surface area contributed by atoms with E-state index in [0.717, 1.165) is 0 Å². The van der Waals surface area contributed by atoms with Gasteiger partial charge in [0.2, 0.25) is 0 Å². The largest absolute Gasteiger partial charge is 0.472 e. The summed E-state index contributed by atoms with van der Waals surface area (Å²) in [4.78, 5) is 8.91. The van der Waals surface area contributed by atoms with Crippen LogP contribution in [-0.2, 0) is 13.6 Å². The summed E-state index contributed by atoms with van der Waals surface area (Å²) in [7, 11) is -3.93. The van der Waals surface area contributed by atoms with E-state index in [1.807, 2.05) is 0 Å². The molecule has 0 spiro atoms. The van der Waals surface area contributed by atoms with Gasteiger partial charge in [-0.05, 0) is 13.8 Å². The van der Waals surface area contributed by atoms with E-state index < -0.39 is 7.82 Å². The van der Waals surface area contributed by atoms with Crippen LogP contribution in [0.3, 0.4) is 0 Å². The average Bonchev–Trinajstić information content (AvgIpc) is 1.84. The summed E-state index contributed by atoms with van der Waals surface area (Å²) >= 11 is 0. The first kappa shape index (κ1) is 11.6. The Morgan fingerprint density at radius 3 is 2.67 bits per heavy atom. The molecule has 0 heterocycles. The fraction of sp³-hybridized carbons (Fsp3) is 0.833. The molecular formula is C6H12NO4P. The van der Waals surface area contributed by atoms with E-state index in [0.29, 0.717) is 0 Å². The predicted molar refractivity (Wildman–Crippen MR) is 42.2 cm³/mol. The van der Waals surface area contributed by atoms with Crippen LogP contribution < -0.4 is 0 Å². The van der Waals surface area contributed by atoms with Crippen molar-refractivity contribution < 1.29 is 18.5 Å². The zero-order valence-electron chi connectivity index (χ0n) is 7.06. The Bertz CT molecular complexity index is 210. The highest BCUT2D eigenvalue weighted by Gasteiger charge is 2.21. The van der Waals surface area contributed by atoms with Crippen molar-refractivity contribution in [3.8, 4) is 6.07 Å². The summed E-state index contributed by atoms with van der Waals surface area (Å²) in [6, 6.07) is 1.78. The Labute approximate surface area is 71.5 Å². The van der Waals surface area contributed by atoms with Gasteiger partial charge in [0.1, 0.15) is 0 Å². The quantitative estimate of drug-likeness (QED) is 0.527. The maximum Gasteiger partial charge on any atom is 0.472 e. The van der Waals surface area contributed by atoms with E-state index in [4.69, 9.17) is 10.2 Å². The van der Waals surface area contributed by atoms with Gasteiger partial charge in [-0.3, -0.25) is 9.05 Å². The molecule has 0 aliphatic carbocycles. The topological polar surface area (TPSA) is 79.6 Å². The Kier molecular flexibility index (Phi) is 5.11. The third-order valence-electron chi connectivity index (χ3n) is 0.812. The molecule has 0 amide bonds. The van der Waals surface area contributed by atoms with Gasteiger partial charge in [-0.1, -0.05) is 0 Å². The lowest BCUT2D eigenvalue weighted by molar-refractivity contribution is 0.122. The highest BCUT2D eigenvalue weighted by Crippen LogP contribution is 2.44. The third kappa shape index (κ3) is 6.32. The SMILES string of the molecule is CC(C)OP(=O)(O)OCCC#N. The number of nitriles is 1. The fourth-order valence-electron chi connectivity index (χ4n) is 0.503. The van der Waals surface area contributed by atoms with Crippen LogP contribution in [-0.4, -0.2) is 17.6 Å². The maximum atomic E-state index is 10.9. The zero-order chi connectivity index (χ0) is 9.61. The number of hydrogen-bond acceptors (Lipinski definition) is 4. The van der Waals surface area contributed by atoms with E-state index in [1.54, 1.807) is 19.9 Å². The molecule has 5 nitrogen and oxygen atoms in total. The molecule has 0 fully saturated rings. The lowest BCUT2D eigenvalue weighted by Crippen LogP contribution is -2.03. The van der Waals surface area contributed by atoms with Crippen LogP contribution in [0.25, 0.3) is 0 Å². The van der Waals surface area contributed by atoms with Gasteiger partial charge in [0.15, 0.2) is 0 Å². The van der Waals surface area contributed by atoms with Crippen LogP contribution in [0.2, 0.25) is 0 Å². The van der Waals surface area contributed by atoms with Gasteiger partial charge in [0.05, 0.1) is 25.2 Å². The lowest BCUT2D eigenvalue weighted by Gasteiger charge is -2.13. The van der Waals surface area contributed by atoms with Crippen molar-refractivity contribution >= 4 is 7.82 Å². The second-order valence-electron chi connectivity index (χ2n) is 2.36. The minimum atomic E-state index is -3.93. The second kappa shape index (κ2) is 5.28. The maximum absolute atomic E-state index is 10.9. The van der Waals surface area contributed by atoms with Gasteiger partial charge in [-0.15, -0.1) is 0 Å². The Morgan fingerprint density at radius 1 is 1.67 bits per heavy atom. The summed E-state index contributed by atoms with van der Waals surface area (Å²) in [5.74, 6) is 0. The van der Waals surface area contributed by atoms with Crippen LogP contribution in [0.15, 0.2) is 0 Å². The molecule has 0 radical (unpaired) electrons. The molecule has 0 aliphatic rings. The van der Waals surface area contributed by atoms with Gasteiger partial charge >= 0.3 is 7.82 Å². The summed E-state index contributed by atoms with van der Waals surface area (Å²) in [5.41, 5.74) is 0. The molecule has 0 aromatic carbocycles. The molecule has 0 aliphatic heterocycles. The number of rotatable bonds is 5. The molecule has 1 atom stereocenters. The van der Waals surface area contributed by atoms with Gasteiger partial charge in [0, 0.05) is 0 Å². The van der Waals surface area contributed by atoms with Crippen LogP contribution in [0, 0.1) is 11.3 Å². The summed E-state index contributed by atoms with van der Waals surface area (Å²) < 4.78 is 19.9. The number of phosphoric ester groups is 1. The summed E-state index contributed by atoms with van der Waals surface area (Å²) in [6.45, 7) is 3.16. The van der Waals surface area contributed by atoms with Crippen LogP contribution >= 0.6 is 7.82 Å². The van der Waals surface area contributed by atoms with Crippen molar-refractivity contribution in [3.05, 3.63) is 0 Å². The zero-order valence-corrected chi connectivity index (χ0v) is 7.95. The molecule has 12 heavy (non-hydrogen) atoms. The first-order valence-corrected chi connectivity index (χ1v) is 5.00. The third-order valence-corrected chi connectivity index (χ3v) is 2.01. The summed E-state index contributed by atoms with van der Waals surface area (Å²) in [6.07, 6.45) is -0.297. The van der Waals surface area contributed by atoms with Gasteiger partial charge in [-0.2, -0.15) is 5.26 Å². The first-order valence-electron chi connectivity index (χ1n) is 3.50. The van der Waals surface area contributed by atoms with E-state index in [9.17, 15) is 4.57 Å². The minimum Gasteiger partial charge on any atom is -0.302 e. The molecule has 70 valence electrons. The van der Waals surface area contributed by atoms with Crippen molar-refractivity contribution in [2.45, 2.75) is 26.4 Å². The van der Waals surface area contributed by atoms with E-state index in [2.05, 4.69) is 9.05 Å². The molecule has 0 aromatic heterocycles. The average molecular weight is 193 g/mol. The van der Waals surface area contributed by atoms with Gasteiger partial charge < -0.3 is 4.89 Å². The fourth-order valence-corrected chi connectivity index (χ4v) is 1.42. The molecular weight excluding hydrogens is 181 g/mol. The van der Waals surface area contributed by atoms with Crippen molar-refractivity contribution in [2.75, 3.05) is 6.61 Å².